The van der Waals surface area contributed by atoms with Crippen molar-refractivity contribution in [1.29, 1.82) is 0 Å². The number of nitro groups is 1. The third-order valence-corrected chi connectivity index (χ3v) is 3.53. The van der Waals surface area contributed by atoms with E-state index in [1.807, 2.05) is 27.0 Å². The SMILES string of the molecule is CCNc1cc([N+](=O)[O-])cc(Sc2cc(C)nn2C)n1. The minimum absolute atomic E-state index is 0.0253. The van der Waals surface area contributed by atoms with Gasteiger partial charge in [-0.05, 0) is 19.9 Å². The molecule has 0 radical (unpaired) electrons. The number of aromatic nitrogens is 3. The average molecular weight is 293 g/mol. The molecule has 0 aromatic carbocycles. The summed E-state index contributed by atoms with van der Waals surface area (Å²) in [6.45, 7) is 4.47. The number of hydrogen-bond acceptors (Lipinski definition) is 6. The van der Waals surface area contributed by atoms with E-state index in [1.54, 1.807) is 4.68 Å². The molecule has 2 heterocycles. The van der Waals surface area contributed by atoms with Crippen molar-refractivity contribution >= 4 is 23.3 Å². The van der Waals surface area contributed by atoms with Crippen molar-refractivity contribution in [1.82, 2.24) is 14.8 Å². The van der Waals surface area contributed by atoms with Gasteiger partial charge in [-0.15, -0.1) is 0 Å². The van der Waals surface area contributed by atoms with Gasteiger partial charge in [0.05, 0.1) is 16.7 Å². The summed E-state index contributed by atoms with van der Waals surface area (Å²) in [7, 11) is 1.83. The number of hydrogen-bond donors (Lipinski definition) is 1. The molecule has 0 unspecified atom stereocenters. The van der Waals surface area contributed by atoms with Gasteiger partial charge in [0.1, 0.15) is 15.9 Å². The molecule has 8 heteroatoms. The second-order valence-corrected chi connectivity index (χ2v) is 5.23. The highest BCUT2D eigenvalue weighted by molar-refractivity contribution is 7.99. The Kier molecular flexibility index (Phi) is 4.23. The Morgan fingerprint density at radius 2 is 2.20 bits per heavy atom. The summed E-state index contributed by atoms with van der Waals surface area (Å²) < 4.78 is 1.73. The molecule has 1 N–H and O–H groups in total. The second-order valence-electron chi connectivity index (χ2n) is 4.19. The fourth-order valence-corrected chi connectivity index (χ4v) is 2.65. The van der Waals surface area contributed by atoms with Gasteiger partial charge in [0.25, 0.3) is 5.69 Å². The van der Waals surface area contributed by atoms with E-state index >= 15 is 0 Å². The molecule has 2 aromatic heterocycles. The Hall–Kier alpha value is -2.09. The first-order valence-corrected chi connectivity index (χ1v) is 6.90. The number of nitrogens with one attached hydrogen (secondary N) is 1. The van der Waals surface area contributed by atoms with E-state index in [2.05, 4.69) is 15.4 Å². The molecule has 106 valence electrons. The molecular formula is C12H15N5O2S. The van der Waals surface area contributed by atoms with Crippen molar-refractivity contribution in [3.63, 3.8) is 0 Å². The van der Waals surface area contributed by atoms with Crippen molar-refractivity contribution in [3.8, 4) is 0 Å². The zero-order valence-corrected chi connectivity index (χ0v) is 12.3. The van der Waals surface area contributed by atoms with Gasteiger partial charge in [0, 0.05) is 19.7 Å². The van der Waals surface area contributed by atoms with Crippen LogP contribution in [0.5, 0.6) is 0 Å². The molecule has 0 amide bonds. The first kappa shape index (κ1) is 14.3. The van der Waals surface area contributed by atoms with Crippen LogP contribution in [-0.4, -0.2) is 26.2 Å². The largest absolute Gasteiger partial charge is 0.370 e. The Labute approximate surface area is 120 Å². The Morgan fingerprint density at radius 3 is 2.75 bits per heavy atom. The molecule has 0 fully saturated rings. The summed E-state index contributed by atoms with van der Waals surface area (Å²) in [6.07, 6.45) is 0. The monoisotopic (exact) mass is 293 g/mol. The summed E-state index contributed by atoms with van der Waals surface area (Å²) in [4.78, 5) is 14.9. The van der Waals surface area contributed by atoms with Gasteiger partial charge >= 0.3 is 0 Å². The van der Waals surface area contributed by atoms with Crippen LogP contribution in [0.25, 0.3) is 0 Å². The van der Waals surface area contributed by atoms with Crippen LogP contribution < -0.4 is 5.32 Å². The van der Waals surface area contributed by atoms with E-state index < -0.39 is 4.92 Å². The molecule has 2 aromatic rings. The van der Waals surface area contributed by atoms with Gasteiger partial charge in [-0.3, -0.25) is 14.8 Å². The molecular weight excluding hydrogens is 278 g/mol. The van der Waals surface area contributed by atoms with Gasteiger partial charge in [-0.1, -0.05) is 11.8 Å². The normalized spacial score (nSPS) is 10.6. The lowest BCUT2D eigenvalue weighted by Gasteiger charge is -2.06. The minimum atomic E-state index is -0.416. The molecule has 20 heavy (non-hydrogen) atoms. The van der Waals surface area contributed by atoms with E-state index in [1.165, 1.54) is 23.9 Å². The molecule has 2 rings (SSSR count). The van der Waals surface area contributed by atoms with Crippen LogP contribution in [-0.2, 0) is 7.05 Å². The lowest BCUT2D eigenvalue weighted by Crippen LogP contribution is -2.01. The molecule has 0 atom stereocenters. The third-order valence-electron chi connectivity index (χ3n) is 2.52. The zero-order valence-electron chi connectivity index (χ0n) is 11.5. The first-order valence-electron chi connectivity index (χ1n) is 6.08. The van der Waals surface area contributed by atoms with Gasteiger partial charge < -0.3 is 5.32 Å². The molecule has 7 nitrogen and oxygen atoms in total. The number of anilines is 1. The van der Waals surface area contributed by atoms with Crippen molar-refractivity contribution in [2.45, 2.75) is 23.9 Å². The Balaban J connectivity index is 2.35. The standard InChI is InChI=1S/C12H15N5O2S/c1-4-13-10-6-9(17(18)19)7-11(14-10)20-12-5-8(2)15-16(12)3/h5-7H,4H2,1-3H3,(H,13,14). The van der Waals surface area contributed by atoms with Gasteiger partial charge in [-0.2, -0.15) is 5.10 Å². The topological polar surface area (TPSA) is 85.9 Å². The summed E-state index contributed by atoms with van der Waals surface area (Å²) in [5, 5.41) is 19.7. The molecule has 0 saturated heterocycles. The molecule has 0 bridgehead atoms. The maximum absolute atomic E-state index is 11.0. The third kappa shape index (κ3) is 3.27. The number of aryl methyl sites for hydroxylation is 2. The number of nitrogens with zero attached hydrogens (tertiary/aromatic N) is 4. The van der Waals surface area contributed by atoms with Gasteiger partial charge in [0.15, 0.2) is 0 Å². The summed E-state index contributed by atoms with van der Waals surface area (Å²) >= 11 is 1.35. The Morgan fingerprint density at radius 1 is 1.45 bits per heavy atom. The maximum atomic E-state index is 11.0. The highest BCUT2D eigenvalue weighted by Gasteiger charge is 2.13. The Bertz CT molecular complexity index is 641. The lowest BCUT2D eigenvalue weighted by atomic mass is 10.4. The van der Waals surface area contributed by atoms with E-state index in [0.717, 1.165) is 10.7 Å². The summed E-state index contributed by atoms with van der Waals surface area (Å²) in [6, 6.07) is 4.81. The fraction of sp³-hybridized carbons (Fsp3) is 0.333. The maximum Gasteiger partial charge on any atom is 0.275 e. The van der Waals surface area contributed by atoms with Crippen LogP contribution in [0.15, 0.2) is 28.3 Å². The van der Waals surface area contributed by atoms with Crippen molar-refractivity contribution in [2.75, 3.05) is 11.9 Å². The van der Waals surface area contributed by atoms with E-state index in [0.29, 0.717) is 17.4 Å². The van der Waals surface area contributed by atoms with Crippen molar-refractivity contribution in [3.05, 3.63) is 34.0 Å². The van der Waals surface area contributed by atoms with Gasteiger partial charge in [0.2, 0.25) is 0 Å². The van der Waals surface area contributed by atoms with Crippen LogP contribution in [0.2, 0.25) is 0 Å². The molecule has 0 aliphatic carbocycles. The lowest BCUT2D eigenvalue weighted by molar-refractivity contribution is -0.385. The smallest absolute Gasteiger partial charge is 0.275 e. The molecule has 0 aliphatic rings. The summed E-state index contributed by atoms with van der Waals surface area (Å²) in [5.41, 5.74) is 0.921. The quantitative estimate of drug-likeness (QED) is 0.673. The minimum Gasteiger partial charge on any atom is -0.370 e. The highest BCUT2D eigenvalue weighted by Crippen LogP contribution is 2.30. The molecule has 0 aliphatic heterocycles. The first-order chi connectivity index (χ1) is 9.49. The van der Waals surface area contributed by atoms with Gasteiger partial charge in [-0.25, -0.2) is 4.98 Å². The van der Waals surface area contributed by atoms with Crippen LogP contribution in [0, 0.1) is 17.0 Å². The average Bonchev–Trinajstić information content (AvgIpc) is 2.68. The van der Waals surface area contributed by atoms with Crippen LogP contribution in [0.3, 0.4) is 0 Å². The van der Waals surface area contributed by atoms with Crippen molar-refractivity contribution in [2.24, 2.45) is 7.05 Å². The van der Waals surface area contributed by atoms with Crippen LogP contribution >= 0.6 is 11.8 Å². The number of pyridine rings is 1. The van der Waals surface area contributed by atoms with E-state index in [4.69, 9.17) is 0 Å². The predicted molar refractivity (Wildman–Crippen MR) is 77.1 cm³/mol. The highest BCUT2D eigenvalue weighted by atomic mass is 32.2. The van der Waals surface area contributed by atoms with E-state index in [9.17, 15) is 10.1 Å². The van der Waals surface area contributed by atoms with Crippen LogP contribution in [0.4, 0.5) is 11.5 Å². The molecule has 0 spiro atoms. The van der Waals surface area contributed by atoms with E-state index in [-0.39, 0.29) is 5.69 Å². The summed E-state index contributed by atoms with van der Waals surface area (Å²) in [5.74, 6) is 0.503. The second kappa shape index (κ2) is 5.91. The number of rotatable bonds is 5. The fourth-order valence-electron chi connectivity index (χ4n) is 1.71. The predicted octanol–water partition coefficient (Wildman–Crippen LogP) is 2.61. The van der Waals surface area contributed by atoms with Crippen LogP contribution in [0.1, 0.15) is 12.6 Å². The van der Waals surface area contributed by atoms with Crippen molar-refractivity contribution < 1.29 is 4.92 Å². The zero-order chi connectivity index (χ0) is 14.7. The molecule has 0 saturated carbocycles.